The van der Waals surface area contributed by atoms with Gasteiger partial charge in [0, 0.05) is 35.5 Å². The van der Waals surface area contributed by atoms with Gasteiger partial charge >= 0.3 is 0 Å². The number of hydrazine groups is 2. The van der Waals surface area contributed by atoms with Crippen molar-refractivity contribution >= 4 is 33.9 Å². The van der Waals surface area contributed by atoms with Crippen molar-refractivity contribution in [2.75, 3.05) is 10.6 Å². The number of rotatable bonds is 10. The van der Waals surface area contributed by atoms with Gasteiger partial charge in [0.1, 0.15) is 17.3 Å². The van der Waals surface area contributed by atoms with Crippen LogP contribution in [0, 0.1) is 45.3 Å². The highest BCUT2D eigenvalue weighted by atomic mass is 35.5. The summed E-state index contributed by atoms with van der Waals surface area (Å²) in [5, 5.41) is 60.2. The second-order valence-electron chi connectivity index (χ2n) is 11.1. The van der Waals surface area contributed by atoms with E-state index in [1.165, 1.54) is 6.20 Å². The van der Waals surface area contributed by atoms with Crippen LogP contribution < -0.4 is 21.6 Å². The van der Waals surface area contributed by atoms with Crippen LogP contribution in [0.1, 0.15) is 54.0 Å². The Bertz CT molecular complexity index is 2020. The highest BCUT2D eigenvalue weighted by Crippen LogP contribution is 2.43. The summed E-state index contributed by atoms with van der Waals surface area (Å²) in [6, 6.07) is 28.1. The van der Waals surface area contributed by atoms with Crippen LogP contribution in [-0.2, 0) is 5.72 Å². The molecule has 6 rings (SSSR count). The highest BCUT2D eigenvalue weighted by Gasteiger charge is 2.51. The topological polar surface area (TPSA) is 180 Å². The molecule has 46 heavy (non-hydrogen) atoms. The number of benzene rings is 3. The van der Waals surface area contributed by atoms with Gasteiger partial charge in [-0.2, -0.15) is 21.0 Å². The molecule has 4 aromatic rings. The molecule has 0 bridgehead atoms. The van der Waals surface area contributed by atoms with Gasteiger partial charge in [0.2, 0.25) is 5.72 Å². The summed E-state index contributed by atoms with van der Waals surface area (Å²) in [5.74, 6) is 0. The van der Waals surface area contributed by atoms with Crippen molar-refractivity contribution in [1.82, 2.24) is 21.0 Å². The van der Waals surface area contributed by atoms with Crippen molar-refractivity contribution < 1.29 is 5.11 Å². The Kier molecular flexibility index (Phi) is 8.07. The van der Waals surface area contributed by atoms with Gasteiger partial charge in [-0.15, -0.1) is 5.53 Å². The van der Waals surface area contributed by atoms with Crippen molar-refractivity contribution in [3.05, 3.63) is 112 Å². The van der Waals surface area contributed by atoms with Crippen LogP contribution in [0.3, 0.4) is 0 Å². The average Bonchev–Trinajstić information content (AvgIpc) is 3.72. The van der Waals surface area contributed by atoms with Crippen molar-refractivity contribution in [3.8, 4) is 24.3 Å². The van der Waals surface area contributed by atoms with Crippen LogP contribution in [-0.4, -0.2) is 20.6 Å². The van der Waals surface area contributed by atoms with Crippen LogP contribution in [0.25, 0.3) is 10.9 Å². The summed E-state index contributed by atoms with van der Waals surface area (Å²) < 4.78 is 0. The fourth-order valence-corrected chi connectivity index (χ4v) is 5.80. The van der Waals surface area contributed by atoms with Gasteiger partial charge in [0.25, 0.3) is 0 Å². The maximum absolute atomic E-state index is 12.4. The summed E-state index contributed by atoms with van der Waals surface area (Å²) in [4.78, 5) is 4.46. The van der Waals surface area contributed by atoms with Crippen molar-refractivity contribution in [2.24, 2.45) is 0 Å². The molecule has 1 aliphatic carbocycles. The maximum atomic E-state index is 12.4. The smallest absolute Gasteiger partial charge is 0.206 e. The van der Waals surface area contributed by atoms with E-state index in [-0.39, 0.29) is 22.3 Å². The van der Waals surface area contributed by atoms with E-state index in [1.807, 2.05) is 30.3 Å². The first kappa shape index (κ1) is 30.2. The predicted molar refractivity (Wildman–Crippen MR) is 172 cm³/mol. The SMILES string of the molecule is N#CCC[C@@H](Nc1c(C#N)cnc2c(Cl)cc(N[C@@](O)(C3=CN(C4(C#N)CC4)NN3)c3cccc(C#N)c3)cc12)c1ccccc1. The van der Waals surface area contributed by atoms with Crippen LogP contribution in [0.15, 0.2) is 84.8 Å². The molecule has 0 unspecified atom stereocenters. The van der Waals surface area contributed by atoms with Gasteiger partial charge in [0.15, 0.2) is 0 Å². The Morgan fingerprint density at radius 2 is 1.85 bits per heavy atom. The Hall–Kier alpha value is -5.82. The van der Waals surface area contributed by atoms with E-state index in [9.17, 15) is 26.2 Å². The average molecular weight is 627 g/mol. The number of pyridine rings is 1. The summed E-state index contributed by atoms with van der Waals surface area (Å²) in [6.07, 6.45) is 5.20. The lowest BCUT2D eigenvalue weighted by molar-refractivity contribution is 0.0982. The molecule has 0 spiro atoms. The van der Waals surface area contributed by atoms with Crippen LogP contribution >= 0.6 is 11.6 Å². The van der Waals surface area contributed by atoms with Gasteiger partial charge < -0.3 is 21.2 Å². The lowest BCUT2D eigenvalue weighted by atomic mass is 9.96. The molecule has 0 saturated heterocycles. The Labute approximate surface area is 270 Å². The van der Waals surface area contributed by atoms with Crippen molar-refractivity contribution in [3.63, 3.8) is 0 Å². The number of nitrogens with zero attached hydrogens (tertiary/aromatic N) is 6. The van der Waals surface area contributed by atoms with Gasteiger partial charge in [-0.3, -0.25) is 9.99 Å². The number of nitrogens with one attached hydrogen (secondary N) is 4. The summed E-state index contributed by atoms with van der Waals surface area (Å²) in [6.45, 7) is 0. The van der Waals surface area contributed by atoms with Gasteiger partial charge in [0.05, 0.1) is 51.6 Å². The van der Waals surface area contributed by atoms with E-state index in [0.29, 0.717) is 59.1 Å². The van der Waals surface area contributed by atoms with Crippen LogP contribution in [0.2, 0.25) is 5.02 Å². The summed E-state index contributed by atoms with van der Waals surface area (Å²) >= 11 is 6.79. The number of hydrogen-bond acceptors (Lipinski definition) is 11. The minimum absolute atomic E-state index is 0.267. The first-order chi connectivity index (χ1) is 22.3. The minimum atomic E-state index is -1.93. The van der Waals surface area contributed by atoms with Crippen molar-refractivity contribution in [2.45, 2.75) is 43.0 Å². The number of nitriles is 4. The first-order valence-corrected chi connectivity index (χ1v) is 14.9. The molecule has 1 fully saturated rings. The van der Waals surface area contributed by atoms with Gasteiger partial charge in [-0.25, -0.2) is 0 Å². The minimum Gasteiger partial charge on any atom is -0.377 e. The third-order valence-corrected chi connectivity index (χ3v) is 8.49. The van der Waals surface area contributed by atoms with Crippen LogP contribution in [0.4, 0.5) is 11.4 Å². The van der Waals surface area contributed by atoms with Crippen LogP contribution in [0.5, 0.6) is 0 Å². The Morgan fingerprint density at radius 1 is 1.04 bits per heavy atom. The number of halogens is 1. The summed E-state index contributed by atoms with van der Waals surface area (Å²) in [7, 11) is 0. The number of hydrogen-bond donors (Lipinski definition) is 5. The lowest BCUT2D eigenvalue weighted by Crippen LogP contribution is -2.47. The molecule has 12 heteroatoms. The van der Waals surface area contributed by atoms with E-state index < -0.39 is 11.3 Å². The molecule has 2 heterocycles. The van der Waals surface area contributed by atoms with Crippen molar-refractivity contribution in [1.29, 1.82) is 21.0 Å². The monoisotopic (exact) mass is 626 g/mol. The molecule has 5 N–H and O–H groups in total. The van der Waals surface area contributed by atoms with E-state index >= 15 is 0 Å². The fraction of sp³-hybridized carbons (Fsp3) is 0.206. The number of aromatic nitrogens is 1. The second kappa shape index (κ2) is 12.3. The largest absolute Gasteiger partial charge is 0.377 e. The molecule has 3 aromatic carbocycles. The molecule has 1 aliphatic heterocycles. The molecular formula is C34H27ClN10O. The lowest BCUT2D eigenvalue weighted by Gasteiger charge is -2.32. The number of aliphatic hydroxyl groups is 1. The summed E-state index contributed by atoms with van der Waals surface area (Å²) in [5.41, 5.74) is 6.82. The number of fused-ring (bicyclic) bond motifs is 1. The molecule has 2 atom stereocenters. The number of anilines is 2. The highest BCUT2D eigenvalue weighted by molar-refractivity contribution is 6.35. The molecular weight excluding hydrogens is 600 g/mol. The molecule has 0 amide bonds. The van der Waals surface area contributed by atoms with Gasteiger partial charge in [-0.05, 0) is 49.1 Å². The Morgan fingerprint density at radius 3 is 2.54 bits per heavy atom. The molecule has 2 aliphatic rings. The van der Waals surface area contributed by atoms with E-state index in [0.717, 1.165) is 5.56 Å². The third-order valence-electron chi connectivity index (χ3n) is 8.20. The Balaban J connectivity index is 1.46. The molecule has 1 aromatic heterocycles. The van der Waals surface area contributed by atoms with E-state index in [2.05, 4.69) is 50.9 Å². The molecule has 226 valence electrons. The van der Waals surface area contributed by atoms with E-state index in [1.54, 1.807) is 47.6 Å². The van der Waals surface area contributed by atoms with Gasteiger partial charge in [-0.1, -0.05) is 54.1 Å². The third kappa shape index (κ3) is 5.59. The zero-order valence-corrected chi connectivity index (χ0v) is 25.2. The van der Waals surface area contributed by atoms with E-state index in [4.69, 9.17) is 11.6 Å². The predicted octanol–water partition coefficient (Wildman–Crippen LogP) is 5.57. The fourth-order valence-electron chi connectivity index (χ4n) is 5.53. The maximum Gasteiger partial charge on any atom is 0.206 e. The quantitative estimate of drug-likeness (QED) is 0.139. The normalized spacial score (nSPS) is 16.4. The zero-order chi connectivity index (χ0) is 32.3. The molecule has 1 saturated carbocycles. The second-order valence-corrected chi connectivity index (χ2v) is 11.5. The molecule has 0 radical (unpaired) electrons. The first-order valence-electron chi connectivity index (χ1n) is 14.5. The molecule has 11 nitrogen and oxygen atoms in total. The standard InChI is InChI=1S/C34H27ClN10O/c35-28-16-26(15-27-31(24(18-38)19-40-32(27)28)41-29(10-5-13-36)23-7-2-1-3-8-23)42-34(46,25-9-4-6-22(14-25)17-37)30-20-45(44-43-30)33(21-39)11-12-33/h1-4,6-9,14-16,19-20,29,42-44,46H,5,10-12H2,(H,40,41)/t29-,34+/m1/s1. The zero-order valence-electron chi connectivity index (χ0n) is 24.4.